The van der Waals surface area contributed by atoms with Gasteiger partial charge in [-0.25, -0.2) is 0 Å². The number of fused-ring (bicyclic) bond motifs is 2. The first-order valence-corrected chi connectivity index (χ1v) is 8.82. The number of benzene rings is 2. The second-order valence-electron chi connectivity index (χ2n) is 7.13. The van der Waals surface area contributed by atoms with Gasteiger partial charge in [0, 0.05) is 11.1 Å². The molecule has 0 spiro atoms. The fourth-order valence-corrected chi connectivity index (χ4v) is 3.01. The Morgan fingerprint density at radius 1 is 1.07 bits per heavy atom. The van der Waals surface area contributed by atoms with Gasteiger partial charge in [0.25, 0.3) is 5.91 Å². The molecule has 5 nitrogen and oxygen atoms in total. The zero-order chi connectivity index (χ0) is 20.7. The normalized spacial score (nSPS) is 13.8. The van der Waals surface area contributed by atoms with E-state index in [0.29, 0.717) is 22.0 Å². The summed E-state index contributed by atoms with van der Waals surface area (Å²) in [7, 11) is 0. The first kappa shape index (κ1) is 20.3. The molecule has 0 bridgehead atoms. The van der Waals surface area contributed by atoms with E-state index < -0.39 is 23.6 Å². The fraction of sp³-hybridized carbons (Fsp3) is 0.316. The summed E-state index contributed by atoms with van der Waals surface area (Å²) in [6.07, 6.45) is -4.54. The number of carbonyl (C=O) groups excluding carboxylic acids is 1. The van der Waals surface area contributed by atoms with Crippen molar-refractivity contribution in [1.82, 2.24) is 0 Å². The average Bonchev–Trinajstić information content (AvgIpc) is 2.65. The van der Waals surface area contributed by atoms with Crippen molar-refractivity contribution in [3.8, 4) is 5.75 Å². The van der Waals surface area contributed by atoms with E-state index >= 15 is 0 Å². The van der Waals surface area contributed by atoms with E-state index in [-0.39, 0.29) is 24.1 Å². The predicted molar refractivity (Wildman–Crippen MR) is 100 cm³/mol. The molecule has 2 aromatic carbocycles. The molecule has 1 amide bonds. The number of alkyl halides is 3. The molecule has 2 aromatic rings. The van der Waals surface area contributed by atoms with E-state index in [1.807, 2.05) is 0 Å². The summed E-state index contributed by atoms with van der Waals surface area (Å²) in [5.74, 6) is -0.915. The Morgan fingerprint density at radius 3 is 2.39 bits per heavy atom. The molecule has 0 fully saturated rings. The van der Waals surface area contributed by atoms with Crippen LogP contribution in [0.5, 0.6) is 5.75 Å². The van der Waals surface area contributed by atoms with Crippen LogP contribution in [0.3, 0.4) is 0 Å². The van der Waals surface area contributed by atoms with E-state index in [1.165, 1.54) is 12.1 Å². The summed E-state index contributed by atoms with van der Waals surface area (Å²) >= 11 is 5.99. The smallest absolute Gasteiger partial charge is 0.405 e. The maximum Gasteiger partial charge on any atom is 0.573 e. The van der Waals surface area contributed by atoms with Crippen molar-refractivity contribution in [2.45, 2.75) is 38.7 Å². The molecule has 28 heavy (non-hydrogen) atoms. The first-order chi connectivity index (χ1) is 12.9. The van der Waals surface area contributed by atoms with Gasteiger partial charge in [-0.3, -0.25) is 4.79 Å². The molecule has 0 aliphatic carbocycles. The highest BCUT2D eigenvalue weighted by atomic mass is 35.5. The van der Waals surface area contributed by atoms with Crippen molar-refractivity contribution in [1.29, 1.82) is 0 Å². The number of rotatable bonds is 4. The Balaban J connectivity index is 2.05. The fourth-order valence-electron chi connectivity index (χ4n) is 2.84. The number of aryl methyl sites for hydroxylation is 1. The number of amides is 1. The van der Waals surface area contributed by atoms with Gasteiger partial charge in [0.05, 0.1) is 28.2 Å². The zero-order valence-electron chi connectivity index (χ0n) is 15.1. The third kappa shape index (κ3) is 4.88. The molecule has 1 heterocycles. The highest BCUT2D eigenvalue weighted by Gasteiger charge is 2.33. The van der Waals surface area contributed by atoms with Gasteiger partial charge < -0.3 is 20.5 Å². The molecule has 150 valence electrons. The number of hydrogen-bond acceptors (Lipinski definition) is 4. The van der Waals surface area contributed by atoms with E-state index in [2.05, 4.69) is 15.4 Å². The summed E-state index contributed by atoms with van der Waals surface area (Å²) in [5, 5.41) is 16.0. The molecule has 0 saturated carbocycles. The molecule has 9 heteroatoms. The average molecular weight is 415 g/mol. The van der Waals surface area contributed by atoms with Gasteiger partial charge in [-0.15, -0.1) is 13.2 Å². The predicted octanol–water partition coefficient (Wildman–Crippen LogP) is 5.25. The third-order valence-electron chi connectivity index (χ3n) is 4.18. The topological polar surface area (TPSA) is 70.6 Å². The van der Waals surface area contributed by atoms with Gasteiger partial charge in [0.1, 0.15) is 5.75 Å². The van der Waals surface area contributed by atoms with Crippen molar-refractivity contribution in [3.05, 3.63) is 46.5 Å². The maximum absolute atomic E-state index is 12.9. The number of nitrogens with one attached hydrogen (secondary N) is 2. The summed E-state index contributed by atoms with van der Waals surface area (Å²) < 4.78 is 42.7. The number of carbonyl (C=O) groups is 1. The van der Waals surface area contributed by atoms with Crippen LogP contribution in [0.1, 0.15) is 36.2 Å². The molecule has 0 unspecified atom stereocenters. The number of hydrogen-bond donors (Lipinski definition) is 3. The quantitative estimate of drug-likeness (QED) is 0.639. The van der Waals surface area contributed by atoms with Crippen LogP contribution >= 0.6 is 11.6 Å². The second kappa shape index (κ2) is 7.18. The van der Waals surface area contributed by atoms with Gasteiger partial charge in [-0.2, -0.15) is 0 Å². The van der Waals surface area contributed by atoms with Crippen molar-refractivity contribution in [2.75, 3.05) is 10.6 Å². The van der Waals surface area contributed by atoms with E-state index in [1.54, 1.807) is 26.0 Å². The van der Waals surface area contributed by atoms with Gasteiger partial charge in [-0.05, 0) is 56.5 Å². The molecule has 0 saturated heterocycles. The standard InChI is InChI=1S/C19H18ClF3N2O3/c1-18(2,27)6-5-10-7-14-15(9-16(10)28-19(21,22)23)25-17(26)12-4-3-11(20)8-13(12)24-14/h3-4,7-9,24,27H,5-6H2,1-2H3,(H,25,26). The third-order valence-corrected chi connectivity index (χ3v) is 4.41. The SMILES string of the molecule is CC(C)(O)CCc1cc2c(cc1OC(F)(F)F)NC(=O)c1ccc(Cl)cc1N2. The molecule has 0 aromatic heterocycles. The Bertz CT molecular complexity index is 924. The summed E-state index contributed by atoms with van der Waals surface area (Å²) in [5.41, 5.74) is 0.451. The van der Waals surface area contributed by atoms with Crippen LogP contribution in [0.15, 0.2) is 30.3 Å². The van der Waals surface area contributed by atoms with Gasteiger partial charge in [-0.1, -0.05) is 11.6 Å². The lowest BCUT2D eigenvalue weighted by Gasteiger charge is -2.20. The Labute approximate surface area is 164 Å². The number of halogens is 4. The minimum atomic E-state index is -4.89. The zero-order valence-corrected chi connectivity index (χ0v) is 15.8. The van der Waals surface area contributed by atoms with Crippen LogP contribution in [0, 0.1) is 0 Å². The molecule has 1 aliphatic heterocycles. The highest BCUT2D eigenvalue weighted by molar-refractivity contribution is 6.31. The number of aliphatic hydroxyl groups is 1. The first-order valence-electron chi connectivity index (χ1n) is 8.44. The molecular weight excluding hydrogens is 397 g/mol. The number of ether oxygens (including phenoxy) is 1. The van der Waals surface area contributed by atoms with E-state index in [0.717, 1.165) is 6.07 Å². The maximum atomic E-state index is 12.9. The van der Waals surface area contributed by atoms with Gasteiger partial charge >= 0.3 is 6.36 Å². The minimum absolute atomic E-state index is 0.139. The molecule has 3 rings (SSSR count). The largest absolute Gasteiger partial charge is 0.573 e. The van der Waals surface area contributed by atoms with Crippen LogP contribution in [0.4, 0.5) is 30.2 Å². The van der Waals surface area contributed by atoms with Crippen molar-refractivity contribution in [3.63, 3.8) is 0 Å². The van der Waals surface area contributed by atoms with Crippen molar-refractivity contribution >= 4 is 34.6 Å². The van der Waals surface area contributed by atoms with Crippen LogP contribution in [-0.2, 0) is 6.42 Å². The van der Waals surface area contributed by atoms with Gasteiger partial charge in [0.15, 0.2) is 0 Å². The second-order valence-corrected chi connectivity index (χ2v) is 7.57. The van der Waals surface area contributed by atoms with Crippen LogP contribution in [0.25, 0.3) is 0 Å². The molecule has 0 atom stereocenters. The summed E-state index contributed by atoms with van der Waals surface area (Å²) in [4.78, 5) is 12.4. The van der Waals surface area contributed by atoms with E-state index in [4.69, 9.17) is 11.6 Å². The molecule has 1 aliphatic rings. The lowest BCUT2D eigenvalue weighted by Crippen LogP contribution is -2.21. The number of anilines is 3. The van der Waals surface area contributed by atoms with Gasteiger partial charge in [0.2, 0.25) is 0 Å². The van der Waals surface area contributed by atoms with E-state index in [9.17, 15) is 23.1 Å². The summed E-state index contributed by atoms with van der Waals surface area (Å²) in [6, 6.07) is 7.22. The Kier molecular flexibility index (Phi) is 5.20. The molecule has 0 radical (unpaired) electrons. The van der Waals surface area contributed by atoms with Crippen molar-refractivity contribution in [2.24, 2.45) is 0 Å². The summed E-state index contributed by atoms with van der Waals surface area (Å²) in [6.45, 7) is 3.13. The highest BCUT2D eigenvalue weighted by Crippen LogP contribution is 2.40. The van der Waals surface area contributed by atoms with Crippen LogP contribution in [-0.4, -0.2) is 23.0 Å². The Morgan fingerprint density at radius 2 is 1.75 bits per heavy atom. The lowest BCUT2D eigenvalue weighted by atomic mass is 9.97. The van der Waals surface area contributed by atoms with Crippen LogP contribution < -0.4 is 15.4 Å². The van der Waals surface area contributed by atoms with Crippen molar-refractivity contribution < 1.29 is 27.8 Å². The molecular formula is C19H18ClF3N2O3. The van der Waals surface area contributed by atoms with Crippen LogP contribution in [0.2, 0.25) is 5.02 Å². The lowest BCUT2D eigenvalue weighted by molar-refractivity contribution is -0.274. The Hall–Kier alpha value is -2.45. The molecule has 3 N–H and O–H groups in total. The minimum Gasteiger partial charge on any atom is -0.405 e. The monoisotopic (exact) mass is 414 g/mol.